The van der Waals surface area contributed by atoms with E-state index in [-0.39, 0.29) is 11.9 Å². The van der Waals surface area contributed by atoms with E-state index < -0.39 is 0 Å². The van der Waals surface area contributed by atoms with Gasteiger partial charge in [0.2, 0.25) is 5.89 Å². The van der Waals surface area contributed by atoms with Crippen LogP contribution in [-0.2, 0) is 4.74 Å². The second-order valence-corrected chi connectivity index (χ2v) is 3.47. The van der Waals surface area contributed by atoms with Crippen molar-refractivity contribution in [2.24, 2.45) is 0 Å². The quantitative estimate of drug-likeness (QED) is 0.678. The average molecular weight is 195 g/mol. The first-order valence-electron chi connectivity index (χ1n) is 4.85. The number of carbonyl (C=O) groups excluding carboxylic acids is 1. The highest BCUT2D eigenvalue weighted by atomic mass is 16.5. The zero-order valence-corrected chi connectivity index (χ0v) is 8.16. The summed E-state index contributed by atoms with van der Waals surface area (Å²) >= 11 is 0. The topological polar surface area (TPSA) is 52.3 Å². The number of hydrogen-bond donors (Lipinski definition) is 0. The van der Waals surface area contributed by atoms with Gasteiger partial charge in [-0.15, -0.1) is 0 Å². The molecule has 1 aliphatic heterocycles. The van der Waals surface area contributed by atoms with E-state index >= 15 is 0 Å². The van der Waals surface area contributed by atoms with Crippen LogP contribution in [0.5, 0.6) is 0 Å². The predicted octanol–water partition coefficient (Wildman–Crippen LogP) is 2.12. The molecule has 14 heavy (non-hydrogen) atoms. The molecule has 1 saturated heterocycles. The van der Waals surface area contributed by atoms with Crippen LogP contribution in [0.15, 0.2) is 10.6 Å². The number of ketones is 1. The second-order valence-electron chi connectivity index (χ2n) is 3.47. The van der Waals surface area contributed by atoms with Gasteiger partial charge >= 0.3 is 0 Å². The Morgan fingerprint density at radius 1 is 1.57 bits per heavy atom. The van der Waals surface area contributed by atoms with Crippen molar-refractivity contribution in [1.29, 1.82) is 0 Å². The van der Waals surface area contributed by atoms with E-state index in [0.717, 1.165) is 25.9 Å². The summed E-state index contributed by atoms with van der Waals surface area (Å²) in [5.41, 5.74) is 0. The zero-order chi connectivity index (χ0) is 9.97. The Morgan fingerprint density at radius 3 is 3.00 bits per heavy atom. The number of ether oxygens (including phenoxy) is 1. The summed E-state index contributed by atoms with van der Waals surface area (Å²) in [7, 11) is 0. The van der Waals surface area contributed by atoms with E-state index in [1.165, 1.54) is 13.1 Å². The first kappa shape index (κ1) is 9.40. The molecule has 1 fully saturated rings. The van der Waals surface area contributed by atoms with Crippen LogP contribution in [0.3, 0.4) is 0 Å². The molecule has 4 heteroatoms. The smallest absolute Gasteiger partial charge is 0.224 e. The molecule has 0 aromatic carbocycles. The van der Waals surface area contributed by atoms with Crippen molar-refractivity contribution < 1.29 is 13.9 Å². The summed E-state index contributed by atoms with van der Waals surface area (Å²) in [6, 6.07) is 0. The number of hydrogen-bond acceptors (Lipinski definition) is 4. The van der Waals surface area contributed by atoms with Crippen molar-refractivity contribution >= 4 is 5.78 Å². The van der Waals surface area contributed by atoms with Gasteiger partial charge in [0.25, 0.3) is 0 Å². The van der Waals surface area contributed by atoms with Crippen LogP contribution in [0.2, 0.25) is 0 Å². The number of carbonyl (C=O) groups is 1. The van der Waals surface area contributed by atoms with Crippen LogP contribution < -0.4 is 0 Å². The zero-order valence-electron chi connectivity index (χ0n) is 8.16. The molecule has 0 aliphatic carbocycles. The van der Waals surface area contributed by atoms with E-state index in [0.29, 0.717) is 11.7 Å². The molecule has 2 rings (SSSR count). The van der Waals surface area contributed by atoms with Gasteiger partial charge in [-0.1, -0.05) is 0 Å². The molecule has 1 atom stereocenters. The third-order valence-corrected chi connectivity index (χ3v) is 2.33. The molecular formula is C10H13NO3. The Labute approximate surface area is 82.3 Å². The van der Waals surface area contributed by atoms with E-state index in [1.807, 2.05) is 0 Å². The molecule has 0 saturated carbocycles. The van der Waals surface area contributed by atoms with E-state index in [2.05, 4.69) is 4.98 Å². The fourth-order valence-corrected chi connectivity index (χ4v) is 1.53. The minimum absolute atomic E-state index is 0.0585. The van der Waals surface area contributed by atoms with Crippen LogP contribution in [-0.4, -0.2) is 17.4 Å². The van der Waals surface area contributed by atoms with Crippen LogP contribution in [0, 0.1) is 0 Å². The number of oxazole rings is 1. The first-order chi connectivity index (χ1) is 6.77. The molecule has 4 nitrogen and oxygen atoms in total. The molecule has 0 amide bonds. The second kappa shape index (κ2) is 3.92. The van der Waals surface area contributed by atoms with Crippen LogP contribution in [0.1, 0.15) is 48.7 Å². The lowest BCUT2D eigenvalue weighted by Crippen LogP contribution is -2.11. The monoisotopic (exact) mass is 195 g/mol. The molecule has 0 spiro atoms. The van der Waals surface area contributed by atoms with Gasteiger partial charge < -0.3 is 9.15 Å². The highest BCUT2D eigenvalue weighted by molar-refractivity contribution is 5.90. The van der Waals surface area contributed by atoms with Gasteiger partial charge in [-0.05, 0) is 19.3 Å². The normalized spacial score (nSPS) is 22.2. The van der Waals surface area contributed by atoms with Crippen molar-refractivity contribution in [3.05, 3.63) is 17.8 Å². The molecule has 0 N–H and O–H groups in total. The summed E-state index contributed by atoms with van der Waals surface area (Å²) in [5.74, 6) is 0.753. The Morgan fingerprint density at radius 2 is 2.43 bits per heavy atom. The molecule has 0 bridgehead atoms. The van der Waals surface area contributed by atoms with Gasteiger partial charge in [0.1, 0.15) is 6.10 Å². The fraction of sp³-hybridized carbons (Fsp3) is 0.600. The van der Waals surface area contributed by atoms with Crippen molar-refractivity contribution in [3.8, 4) is 0 Å². The first-order valence-corrected chi connectivity index (χ1v) is 4.85. The summed E-state index contributed by atoms with van der Waals surface area (Å²) in [6.45, 7) is 2.22. The lowest BCUT2D eigenvalue weighted by molar-refractivity contribution is -0.00187. The average Bonchev–Trinajstić information content (AvgIpc) is 2.68. The standard InChI is InChI=1S/C10H13NO3/c1-7(12)9-6-11-10(14-9)8-4-2-3-5-13-8/h6,8H,2-5H2,1H3. The summed E-state index contributed by atoms with van der Waals surface area (Å²) in [5, 5.41) is 0. The maximum atomic E-state index is 11.0. The molecule has 1 aromatic heterocycles. The lowest BCUT2D eigenvalue weighted by atomic mass is 10.1. The van der Waals surface area contributed by atoms with Crippen molar-refractivity contribution in [1.82, 2.24) is 4.98 Å². The van der Waals surface area contributed by atoms with Crippen molar-refractivity contribution in [2.45, 2.75) is 32.3 Å². The molecule has 0 radical (unpaired) electrons. The van der Waals surface area contributed by atoms with E-state index in [4.69, 9.17) is 9.15 Å². The Balaban J connectivity index is 2.11. The van der Waals surface area contributed by atoms with Crippen LogP contribution in [0.4, 0.5) is 0 Å². The van der Waals surface area contributed by atoms with Gasteiger partial charge in [0, 0.05) is 13.5 Å². The van der Waals surface area contributed by atoms with Gasteiger partial charge in [-0.2, -0.15) is 0 Å². The molecule has 2 heterocycles. The predicted molar refractivity (Wildman–Crippen MR) is 49.1 cm³/mol. The highest BCUT2D eigenvalue weighted by Crippen LogP contribution is 2.27. The van der Waals surface area contributed by atoms with Crippen molar-refractivity contribution in [2.75, 3.05) is 6.61 Å². The van der Waals surface area contributed by atoms with Gasteiger partial charge in [-0.25, -0.2) is 4.98 Å². The van der Waals surface area contributed by atoms with E-state index in [1.54, 1.807) is 0 Å². The number of rotatable bonds is 2. The third-order valence-electron chi connectivity index (χ3n) is 2.33. The fourth-order valence-electron chi connectivity index (χ4n) is 1.53. The Kier molecular flexibility index (Phi) is 2.63. The minimum Gasteiger partial charge on any atom is -0.435 e. The molecule has 1 aliphatic rings. The third kappa shape index (κ3) is 1.85. The molecular weight excluding hydrogens is 182 g/mol. The van der Waals surface area contributed by atoms with E-state index in [9.17, 15) is 4.79 Å². The Bertz CT molecular complexity index is 326. The number of nitrogens with zero attached hydrogens (tertiary/aromatic N) is 1. The minimum atomic E-state index is -0.0976. The van der Waals surface area contributed by atoms with Crippen LogP contribution in [0.25, 0.3) is 0 Å². The van der Waals surface area contributed by atoms with Gasteiger partial charge in [0.05, 0.1) is 6.20 Å². The maximum absolute atomic E-state index is 11.0. The molecule has 76 valence electrons. The number of aromatic nitrogens is 1. The molecule has 1 aromatic rings. The number of Topliss-reactive ketones (excluding diaryl/α,β-unsaturated/α-hetero) is 1. The maximum Gasteiger partial charge on any atom is 0.224 e. The summed E-state index contributed by atoms with van der Waals surface area (Å²) in [6.07, 6.45) is 4.56. The summed E-state index contributed by atoms with van der Waals surface area (Å²) < 4.78 is 10.8. The SMILES string of the molecule is CC(=O)c1cnc(C2CCCCO2)o1. The Hall–Kier alpha value is -1.16. The van der Waals surface area contributed by atoms with Crippen LogP contribution >= 0.6 is 0 Å². The molecule has 1 unspecified atom stereocenters. The van der Waals surface area contributed by atoms with Crippen molar-refractivity contribution in [3.63, 3.8) is 0 Å². The summed E-state index contributed by atoms with van der Waals surface area (Å²) in [4.78, 5) is 15.0. The largest absolute Gasteiger partial charge is 0.435 e. The highest BCUT2D eigenvalue weighted by Gasteiger charge is 2.21. The lowest BCUT2D eigenvalue weighted by Gasteiger charge is -2.19. The van der Waals surface area contributed by atoms with Gasteiger partial charge in [0.15, 0.2) is 11.5 Å². The van der Waals surface area contributed by atoms with Gasteiger partial charge in [-0.3, -0.25) is 4.79 Å².